The van der Waals surface area contributed by atoms with Gasteiger partial charge in [-0.15, -0.1) is 24.9 Å². The molecular weight excluding hydrogens is 331 g/mol. The molecule has 1 aromatic carbocycles. The van der Waals surface area contributed by atoms with E-state index in [1.165, 1.54) is 36.0 Å². The average Bonchev–Trinajstić information content (AvgIpc) is 2.44. The van der Waals surface area contributed by atoms with Gasteiger partial charge in [0, 0.05) is 16.2 Å². The van der Waals surface area contributed by atoms with Gasteiger partial charge in [0.1, 0.15) is 17.3 Å². The van der Waals surface area contributed by atoms with Crippen LogP contribution in [0, 0.1) is 0 Å². The van der Waals surface area contributed by atoms with E-state index in [9.17, 15) is 13.2 Å². The van der Waals surface area contributed by atoms with Gasteiger partial charge in [0.15, 0.2) is 5.82 Å². The van der Waals surface area contributed by atoms with Gasteiger partial charge in [-0.25, -0.2) is 4.98 Å². The fourth-order valence-electron chi connectivity index (χ4n) is 1.82. The van der Waals surface area contributed by atoms with Crippen LogP contribution in [0.4, 0.5) is 30.5 Å². The van der Waals surface area contributed by atoms with Crippen molar-refractivity contribution in [3.63, 3.8) is 0 Å². The van der Waals surface area contributed by atoms with Crippen molar-refractivity contribution in [2.24, 2.45) is 5.84 Å². The van der Waals surface area contributed by atoms with Crippen molar-refractivity contribution in [2.75, 3.05) is 16.9 Å². The quantitative estimate of drug-likeness (QED) is 0.374. The number of alkyl halides is 3. The molecule has 124 valence electrons. The molecule has 0 unspecified atom stereocenters. The Morgan fingerprint density at radius 2 is 1.91 bits per heavy atom. The van der Waals surface area contributed by atoms with Gasteiger partial charge in [-0.05, 0) is 12.1 Å². The van der Waals surface area contributed by atoms with Crippen molar-refractivity contribution in [3.8, 4) is 5.75 Å². The number of nitrogen functional groups attached to an aromatic ring is 3. The molecule has 10 heteroatoms. The third-order valence-corrected chi connectivity index (χ3v) is 3.85. The van der Waals surface area contributed by atoms with Crippen molar-refractivity contribution >= 4 is 29.1 Å². The lowest BCUT2D eigenvalue weighted by Gasteiger charge is -2.14. The summed E-state index contributed by atoms with van der Waals surface area (Å²) in [4.78, 5) is 4.42. The predicted molar refractivity (Wildman–Crippen MR) is 83.6 cm³/mol. The first-order valence-corrected chi connectivity index (χ1v) is 7.28. The summed E-state index contributed by atoms with van der Waals surface area (Å²) in [6.07, 6.45) is -4.75. The Morgan fingerprint density at radius 3 is 2.57 bits per heavy atom. The number of ether oxygens (including phenoxy) is 1. The van der Waals surface area contributed by atoms with Crippen LogP contribution in [0.15, 0.2) is 35.2 Å². The summed E-state index contributed by atoms with van der Waals surface area (Å²) >= 11 is 1.20. The zero-order valence-electron chi connectivity index (χ0n) is 11.7. The highest BCUT2D eigenvalue weighted by atomic mass is 32.2. The van der Waals surface area contributed by atoms with E-state index in [1.807, 2.05) is 0 Å². The second-order valence-electron chi connectivity index (χ2n) is 4.39. The van der Waals surface area contributed by atoms with E-state index in [-0.39, 0.29) is 23.1 Å². The number of nitrogens with one attached hydrogen (secondary N) is 1. The molecular formula is C13H14F3N5OS. The molecule has 0 saturated carbocycles. The first kappa shape index (κ1) is 17.0. The Morgan fingerprint density at radius 1 is 1.22 bits per heavy atom. The largest absolute Gasteiger partial charge is 0.573 e. The number of thioether (sulfide) groups is 1. The number of halogens is 3. The lowest BCUT2D eigenvalue weighted by Crippen LogP contribution is -2.18. The van der Waals surface area contributed by atoms with Gasteiger partial charge in [0.05, 0.1) is 0 Å². The smallest absolute Gasteiger partial charge is 0.405 e. The van der Waals surface area contributed by atoms with Crippen LogP contribution in [0.25, 0.3) is 0 Å². The normalized spacial score (nSPS) is 11.3. The minimum absolute atomic E-state index is 0.106. The molecule has 0 atom stereocenters. The third-order valence-electron chi connectivity index (χ3n) is 2.76. The molecule has 0 aliphatic rings. The van der Waals surface area contributed by atoms with E-state index < -0.39 is 6.36 Å². The van der Waals surface area contributed by atoms with Gasteiger partial charge in [-0.3, -0.25) is 5.84 Å². The van der Waals surface area contributed by atoms with Gasteiger partial charge in [0.2, 0.25) is 0 Å². The summed E-state index contributed by atoms with van der Waals surface area (Å²) in [5.74, 6) is 5.62. The van der Waals surface area contributed by atoms with Gasteiger partial charge in [-0.1, -0.05) is 18.2 Å². The highest BCUT2D eigenvalue weighted by Gasteiger charge is 2.32. The molecule has 0 fully saturated rings. The zero-order valence-corrected chi connectivity index (χ0v) is 12.5. The summed E-state index contributed by atoms with van der Waals surface area (Å²) < 4.78 is 41.2. The Balaban J connectivity index is 2.22. The second kappa shape index (κ2) is 6.84. The molecule has 1 heterocycles. The molecule has 0 amide bonds. The number of hydrazine groups is 1. The van der Waals surface area contributed by atoms with Gasteiger partial charge in [-0.2, -0.15) is 0 Å². The van der Waals surface area contributed by atoms with E-state index >= 15 is 0 Å². The van der Waals surface area contributed by atoms with Crippen molar-refractivity contribution in [3.05, 3.63) is 35.9 Å². The number of benzene rings is 1. The maximum atomic E-state index is 12.4. The topological polar surface area (TPSA) is 112 Å². The van der Waals surface area contributed by atoms with Gasteiger partial charge >= 0.3 is 6.36 Å². The monoisotopic (exact) mass is 345 g/mol. The van der Waals surface area contributed by atoms with Crippen LogP contribution < -0.4 is 27.5 Å². The number of pyridine rings is 1. The molecule has 0 bridgehead atoms. The van der Waals surface area contributed by atoms with E-state index in [0.29, 0.717) is 16.1 Å². The number of nitrogens with zero attached hydrogens (tertiary/aromatic N) is 1. The van der Waals surface area contributed by atoms with Crippen molar-refractivity contribution in [1.29, 1.82) is 0 Å². The number of nitrogens with two attached hydrogens (primary N) is 3. The molecule has 6 nitrogen and oxygen atoms in total. The fourth-order valence-corrected chi connectivity index (χ4v) is 2.88. The maximum absolute atomic E-state index is 12.4. The molecule has 0 aliphatic carbocycles. The first-order valence-electron chi connectivity index (χ1n) is 6.29. The average molecular weight is 345 g/mol. The van der Waals surface area contributed by atoms with Crippen LogP contribution in [0.3, 0.4) is 0 Å². The second-order valence-corrected chi connectivity index (χ2v) is 5.41. The highest BCUT2D eigenvalue weighted by Crippen LogP contribution is 2.36. The number of para-hydroxylation sites is 1. The minimum atomic E-state index is -4.75. The van der Waals surface area contributed by atoms with Crippen molar-refractivity contribution in [1.82, 2.24) is 4.98 Å². The lowest BCUT2D eigenvalue weighted by molar-refractivity contribution is -0.274. The molecule has 1 aromatic heterocycles. The standard InChI is InChI=1S/C13H14F3N5OS/c14-13(15,16)22-8-4-2-1-3-7(8)6-23-9-5-10(17)20-12(18)11(9)21-19/h1-5,21H,6,19H2,(H4,17,18,20). The lowest BCUT2D eigenvalue weighted by atomic mass is 10.2. The molecule has 7 N–H and O–H groups in total. The van der Waals surface area contributed by atoms with Crippen molar-refractivity contribution in [2.45, 2.75) is 17.0 Å². The van der Waals surface area contributed by atoms with Gasteiger partial charge in [0.25, 0.3) is 0 Å². The SMILES string of the molecule is NNc1c(SCc2ccccc2OC(F)(F)F)cc(N)nc1N. The number of hydrogen-bond donors (Lipinski definition) is 4. The van der Waals surface area contributed by atoms with E-state index in [0.717, 1.165) is 0 Å². The fraction of sp³-hybridized carbons (Fsp3) is 0.154. The predicted octanol–water partition coefficient (Wildman–Crippen LogP) is 2.72. The maximum Gasteiger partial charge on any atom is 0.573 e. The van der Waals surface area contributed by atoms with E-state index in [4.69, 9.17) is 17.3 Å². The Kier molecular flexibility index (Phi) is 5.06. The highest BCUT2D eigenvalue weighted by molar-refractivity contribution is 7.98. The number of anilines is 3. The van der Waals surface area contributed by atoms with Crippen LogP contribution in [-0.2, 0) is 5.75 Å². The van der Waals surface area contributed by atoms with Gasteiger partial charge < -0.3 is 21.6 Å². The van der Waals surface area contributed by atoms with Crippen LogP contribution >= 0.6 is 11.8 Å². The minimum Gasteiger partial charge on any atom is -0.405 e. The summed E-state index contributed by atoms with van der Waals surface area (Å²) in [6, 6.07) is 7.41. The van der Waals surface area contributed by atoms with E-state index in [2.05, 4.69) is 15.1 Å². The summed E-state index contributed by atoms with van der Waals surface area (Å²) in [6.45, 7) is 0. The molecule has 0 radical (unpaired) electrons. The first-order chi connectivity index (χ1) is 10.8. The van der Waals surface area contributed by atoms with Crippen LogP contribution in [0.5, 0.6) is 5.75 Å². The molecule has 2 aromatic rings. The van der Waals surface area contributed by atoms with E-state index in [1.54, 1.807) is 6.07 Å². The molecule has 23 heavy (non-hydrogen) atoms. The Bertz CT molecular complexity index is 696. The van der Waals surface area contributed by atoms with Crippen LogP contribution in [0.2, 0.25) is 0 Å². The molecule has 0 saturated heterocycles. The van der Waals surface area contributed by atoms with Crippen LogP contribution in [-0.4, -0.2) is 11.3 Å². The molecule has 0 aliphatic heterocycles. The number of rotatable bonds is 5. The summed E-state index contributed by atoms with van der Waals surface area (Å²) in [7, 11) is 0. The number of hydrogen-bond acceptors (Lipinski definition) is 7. The van der Waals surface area contributed by atoms with Crippen LogP contribution in [0.1, 0.15) is 5.56 Å². The third kappa shape index (κ3) is 4.57. The number of aromatic nitrogens is 1. The summed E-state index contributed by atoms with van der Waals surface area (Å²) in [5, 5.41) is 0. The molecule has 2 rings (SSSR count). The van der Waals surface area contributed by atoms with Crippen molar-refractivity contribution < 1.29 is 17.9 Å². The molecule has 0 spiro atoms. The summed E-state index contributed by atoms with van der Waals surface area (Å²) in [5.41, 5.74) is 14.4. The zero-order chi connectivity index (χ0) is 17.0. The Labute approximate surface area is 134 Å². The Hall–Kier alpha value is -2.33.